The third-order valence-corrected chi connectivity index (χ3v) is 15.7. The van der Waals surface area contributed by atoms with Crippen LogP contribution in [0.25, 0.3) is 0 Å². The molecule has 0 bridgehead atoms. The van der Waals surface area contributed by atoms with Gasteiger partial charge in [-0.15, -0.1) is 0 Å². The van der Waals surface area contributed by atoms with Crippen molar-refractivity contribution in [2.45, 2.75) is 374 Å². The van der Waals surface area contributed by atoms with Gasteiger partial charge in [0.2, 0.25) is 0 Å². The molecule has 0 spiro atoms. The zero-order chi connectivity index (χ0) is 58.5. The smallest absolute Gasteiger partial charge is 0.306 e. The van der Waals surface area contributed by atoms with Crippen molar-refractivity contribution in [3.63, 3.8) is 0 Å². The predicted molar refractivity (Wildman–Crippen MR) is 353 cm³/mol. The van der Waals surface area contributed by atoms with Gasteiger partial charge in [-0.1, -0.05) is 331 Å². The SMILES string of the molecule is CC/C=C\C/C=C\C/C=C\C/C=C\CCCCCCCCCCCCCCCCCCC(=O)OCC(COC(=O)CCCCCCCCCCC)OC(=O)CCCCCCCCCCCCCCC/C=C\C/C=C\CCCCCCC. The quantitative estimate of drug-likeness (QED) is 0.0261. The Hall–Kier alpha value is -3.15. The third-order valence-electron chi connectivity index (χ3n) is 15.7. The van der Waals surface area contributed by atoms with Gasteiger partial charge in [-0.05, 0) is 89.9 Å². The van der Waals surface area contributed by atoms with Crippen LogP contribution in [0.4, 0.5) is 0 Å². The molecule has 6 heteroatoms. The summed E-state index contributed by atoms with van der Waals surface area (Å²) in [5.41, 5.74) is 0. The van der Waals surface area contributed by atoms with Gasteiger partial charge in [-0.2, -0.15) is 0 Å². The molecule has 1 atom stereocenters. The zero-order valence-corrected chi connectivity index (χ0v) is 54.1. The molecule has 1 unspecified atom stereocenters. The molecule has 0 aliphatic rings. The average molecular weight is 1130 g/mol. The van der Waals surface area contributed by atoms with Gasteiger partial charge >= 0.3 is 17.9 Å². The lowest BCUT2D eigenvalue weighted by atomic mass is 10.0. The highest BCUT2D eigenvalue weighted by atomic mass is 16.6. The molecule has 0 aromatic carbocycles. The van der Waals surface area contributed by atoms with Crippen molar-refractivity contribution in [2.24, 2.45) is 0 Å². The number of esters is 3. The van der Waals surface area contributed by atoms with Crippen molar-refractivity contribution in [3.05, 3.63) is 72.9 Å². The van der Waals surface area contributed by atoms with Crippen LogP contribution in [0, 0.1) is 0 Å². The fraction of sp³-hybridized carbons (Fsp3) is 0.800. The van der Waals surface area contributed by atoms with E-state index in [1.54, 1.807) is 0 Å². The van der Waals surface area contributed by atoms with Crippen LogP contribution in [0.1, 0.15) is 367 Å². The first-order chi connectivity index (χ1) is 40.0. The van der Waals surface area contributed by atoms with E-state index >= 15 is 0 Å². The Balaban J connectivity index is 4.12. The van der Waals surface area contributed by atoms with Crippen LogP contribution in [0.15, 0.2) is 72.9 Å². The Morgan fingerprint density at radius 1 is 0.259 bits per heavy atom. The number of allylic oxidation sites excluding steroid dienone is 12. The van der Waals surface area contributed by atoms with Crippen molar-refractivity contribution in [1.82, 2.24) is 0 Å². The molecule has 0 aromatic heterocycles. The molecule has 0 saturated heterocycles. The first kappa shape index (κ1) is 77.9. The van der Waals surface area contributed by atoms with Crippen LogP contribution in [0.5, 0.6) is 0 Å². The van der Waals surface area contributed by atoms with E-state index in [0.29, 0.717) is 19.3 Å². The Bertz CT molecular complexity index is 1490. The van der Waals surface area contributed by atoms with Gasteiger partial charge in [0.15, 0.2) is 6.10 Å². The minimum atomic E-state index is -0.773. The van der Waals surface area contributed by atoms with E-state index in [2.05, 4.69) is 93.7 Å². The predicted octanol–water partition coefficient (Wildman–Crippen LogP) is 24.4. The van der Waals surface area contributed by atoms with Gasteiger partial charge < -0.3 is 14.2 Å². The molecule has 0 saturated carbocycles. The van der Waals surface area contributed by atoms with E-state index in [1.165, 1.54) is 238 Å². The van der Waals surface area contributed by atoms with Crippen LogP contribution in [0.2, 0.25) is 0 Å². The largest absolute Gasteiger partial charge is 0.462 e. The number of rotatable bonds is 65. The molecule has 0 amide bonds. The van der Waals surface area contributed by atoms with E-state index in [9.17, 15) is 14.4 Å². The molecule has 470 valence electrons. The van der Waals surface area contributed by atoms with Crippen LogP contribution >= 0.6 is 0 Å². The Kier molecular flexibility index (Phi) is 66.6. The van der Waals surface area contributed by atoms with E-state index in [0.717, 1.165) is 89.9 Å². The van der Waals surface area contributed by atoms with Crippen LogP contribution in [0.3, 0.4) is 0 Å². The fourth-order valence-corrected chi connectivity index (χ4v) is 10.4. The van der Waals surface area contributed by atoms with E-state index in [1.807, 2.05) is 0 Å². The highest BCUT2D eigenvalue weighted by molar-refractivity contribution is 5.71. The van der Waals surface area contributed by atoms with Gasteiger partial charge in [0.05, 0.1) is 0 Å². The Morgan fingerprint density at radius 3 is 0.753 bits per heavy atom. The number of carbonyl (C=O) groups is 3. The molecular weight excluding hydrogens is 997 g/mol. The van der Waals surface area contributed by atoms with Gasteiger partial charge in [0.1, 0.15) is 13.2 Å². The first-order valence-electron chi connectivity index (χ1n) is 35.4. The molecule has 0 heterocycles. The number of hydrogen-bond acceptors (Lipinski definition) is 6. The summed E-state index contributed by atoms with van der Waals surface area (Å²) in [6, 6.07) is 0. The second-order valence-electron chi connectivity index (χ2n) is 23.8. The summed E-state index contributed by atoms with van der Waals surface area (Å²) in [6.07, 6.45) is 90.9. The van der Waals surface area contributed by atoms with E-state index < -0.39 is 6.10 Å². The summed E-state index contributed by atoms with van der Waals surface area (Å²) in [5.74, 6) is -0.853. The van der Waals surface area contributed by atoms with Crippen LogP contribution < -0.4 is 0 Å². The Labute approximate surface area is 503 Å². The van der Waals surface area contributed by atoms with Crippen molar-refractivity contribution in [2.75, 3.05) is 13.2 Å². The summed E-state index contributed by atoms with van der Waals surface area (Å²) >= 11 is 0. The van der Waals surface area contributed by atoms with Gasteiger partial charge in [0.25, 0.3) is 0 Å². The normalized spacial score (nSPS) is 12.5. The molecule has 0 radical (unpaired) electrons. The second kappa shape index (κ2) is 69.3. The van der Waals surface area contributed by atoms with Crippen molar-refractivity contribution >= 4 is 17.9 Å². The van der Waals surface area contributed by atoms with Crippen molar-refractivity contribution in [1.29, 1.82) is 0 Å². The molecule has 0 aliphatic carbocycles. The summed E-state index contributed by atoms with van der Waals surface area (Å²) < 4.78 is 16.9. The highest BCUT2D eigenvalue weighted by Gasteiger charge is 2.19. The van der Waals surface area contributed by atoms with Gasteiger partial charge in [0, 0.05) is 19.3 Å². The maximum absolute atomic E-state index is 12.9. The second-order valence-corrected chi connectivity index (χ2v) is 23.8. The summed E-state index contributed by atoms with van der Waals surface area (Å²) in [6.45, 7) is 6.55. The minimum absolute atomic E-state index is 0.0703. The maximum atomic E-state index is 12.9. The number of hydrogen-bond donors (Lipinski definition) is 0. The molecular formula is C75H134O6. The van der Waals surface area contributed by atoms with Crippen LogP contribution in [-0.2, 0) is 28.6 Å². The number of ether oxygens (including phenoxy) is 3. The number of carbonyl (C=O) groups excluding carboxylic acids is 3. The monoisotopic (exact) mass is 1130 g/mol. The van der Waals surface area contributed by atoms with Gasteiger partial charge in [-0.3, -0.25) is 14.4 Å². The van der Waals surface area contributed by atoms with Crippen LogP contribution in [-0.4, -0.2) is 37.2 Å². The van der Waals surface area contributed by atoms with Gasteiger partial charge in [-0.25, -0.2) is 0 Å². The third kappa shape index (κ3) is 67.5. The lowest BCUT2D eigenvalue weighted by Gasteiger charge is -2.18. The molecule has 81 heavy (non-hydrogen) atoms. The molecule has 0 N–H and O–H groups in total. The van der Waals surface area contributed by atoms with Crippen molar-refractivity contribution < 1.29 is 28.6 Å². The lowest BCUT2D eigenvalue weighted by Crippen LogP contribution is -2.30. The minimum Gasteiger partial charge on any atom is -0.462 e. The fourth-order valence-electron chi connectivity index (χ4n) is 10.4. The standard InChI is InChI=1S/C75H134O6/c1-4-7-10-13-16-19-21-23-25-27-29-31-33-35-36-37-38-40-41-43-45-47-49-51-53-56-59-62-65-68-74(77)80-71-72(70-79-73(76)67-64-61-58-55-18-15-12-9-6-3)81-75(78)69-66-63-60-57-54-52-50-48-46-44-42-39-34-32-30-28-26-24-22-20-17-14-11-8-5-2/h7,10,16,19,22-25,28-31,72H,4-6,8-9,11-15,17-18,20-21,26-27,32-71H2,1-3H3/b10-7-,19-16-,24-22-,25-23-,30-28-,31-29-. The lowest BCUT2D eigenvalue weighted by molar-refractivity contribution is -0.167. The highest BCUT2D eigenvalue weighted by Crippen LogP contribution is 2.18. The van der Waals surface area contributed by atoms with E-state index in [-0.39, 0.29) is 31.1 Å². The summed E-state index contributed by atoms with van der Waals surface area (Å²) in [4.78, 5) is 38.3. The summed E-state index contributed by atoms with van der Waals surface area (Å²) in [5, 5.41) is 0. The zero-order valence-electron chi connectivity index (χ0n) is 54.1. The molecule has 0 aliphatic heterocycles. The van der Waals surface area contributed by atoms with Crippen molar-refractivity contribution in [3.8, 4) is 0 Å². The Morgan fingerprint density at radius 2 is 0.481 bits per heavy atom. The summed E-state index contributed by atoms with van der Waals surface area (Å²) in [7, 11) is 0. The topological polar surface area (TPSA) is 78.9 Å². The molecule has 0 fully saturated rings. The number of unbranched alkanes of at least 4 members (excludes halogenated alkanes) is 42. The first-order valence-corrected chi connectivity index (χ1v) is 35.4. The molecule has 6 nitrogen and oxygen atoms in total. The average Bonchev–Trinajstić information content (AvgIpc) is 3.47. The van der Waals surface area contributed by atoms with E-state index in [4.69, 9.17) is 14.2 Å². The molecule has 0 aromatic rings. The maximum Gasteiger partial charge on any atom is 0.306 e. The molecule has 0 rings (SSSR count).